The van der Waals surface area contributed by atoms with Crippen molar-refractivity contribution in [2.45, 2.75) is 38.9 Å². The fraction of sp³-hybridized carbons (Fsp3) is 0.417. The smallest absolute Gasteiger partial charge is 0.252 e. The van der Waals surface area contributed by atoms with Crippen molar-refractivity contribution in [3.05, 3.63) is 58.8 Å². The number of aryl methyl sites for hydroxylation is 1. The van der Waals surface area contributed by atoms with Crippen molar-refractivity contribution in [2.75, 3.05) is 24.2 Å². The molecule has 0 bridgehead atoms. The number of benzene rings is 1. The van der Waals surface area contributed by atoms with E-state index in [0.717, 1.165) is 27.9 Å². The topological polar surface area (TPSA) is 106 Å². The van der Waals surface area contributed by atoms with E-state index in [4.69, 9.17) is 0 Å². The van der Waals surface area contributed by atoms with Crippen molar-refractivity contribution in [1.29, 1.82) is 0 Å². The molecule has 1 aliphatic rings. The zero-order valence-corrected chi connectivity index (χ0v) is 21.3. The quantitative estimate of drug-likeness (QED) is 0.424. The van der Waals surface area contributed by atoms with Crippen LogP contribution in [0.25, 0.3) is 22.1 Å². The molecule has 0 N–H and O–H groups in total. The van der Waals surface area contributed by atoms with E-state index in [-0.39, 0.29) is 23.7 Å². The molecule has 35 heavy (non-hydrogen) atoms. The Hall–Kier alpha value is -3.31. The van der Waals surface area contributed by atoms with E-state index in [2.05, 4.69) is 57.8 Å². The van der Waals surface area contributed by atoms with Crippen molar-refractivity contribution in [3.8, 4) is 0 Å². The molecule has 1 aliphatic heterocycles. The van der Waals surface area contributed by atoms with E-state index in [1.165, 1.54) is 16.3 Å². The number of fused-ring (bicyclic) bond motifs is 2. The van der Waals surface area contributed by atoms with Crippen LogP contribution in [0, 0.1) is 0 Å². The molecule has 0 radical (unpaired) electrons. The van der Waals surface area contributed by atoms with Crippen LogP contribution < -0.4 is 10.5 Å². The Morgan fingerprint density at radius 3 is 2.46 bits per heavy atom. The summed E-state index contributed by atoms with van der Waals surface area (Å²) in [5, 5.41) is 4.35. The van der Waals surface area contributed by atoms with Crippen LogP contribution in [0.5, 0.6) is 0 Å². The average molecular weight is 496 g/mol. The molecule has 1 fully saturated rings. The monoisotopic (exact) mass is 495 g/mol. The Morgan fingerprint density at radius 2 is 1.74 bits per heavy atom. The maximum Gasteiger partial charge on any atom is 0.252 e. The normalized spacial score (nSPS) is 20.5. The molecule has 0 spiro atoms. The number of hydrogen-bond donors (Lipinski definition) is 0. The summed E-state index contributed by atoms with van der Waals surface area (Å²) in [6.07, 6.45) is 5.90. The third kappa shape index (κ3) is 4.08. The maximum atomic E-state index is 12.7. The summed E-state index contributed by atoms with van der Waals surface area (Å²) in [5.74, 6) is 0. The lowest BCUT2D eigenvalue weighted by molar-refractivity contribution is 0.119. The summed E-state index contributed by atoms with van der Waals surface area (Å²) in [4.78, 5) is 26.2. The number of piperazine rings is 1. The number of rotatable bonds is 4. The summed E-state index contributed by atoms with van der Waals surface area (Å²) < 4.78 is 26.6. The number of anilines is 1. The predicted octanol–water partition coefficient (Wildman–Crippen LogP) is 2.15. The van der Waals surface area contributed by atoms with E-state index < -0.39 is 10.0 Å². The number of pyridine rings is 1. The number of nitrogens with zero attached hydrogens (tertiary/aromatic N) is 7. The fourth-order valence-electron chi connectivity index (χ4n) is 5.02. The lowest BCUT2D eigenvalue weighted by atomic mass is 10.00. The summed E-state index contributed by atoms with van der Waals surface area (Å²) in [7, 11) is -1.95. The molecule has 0 saturated carbocycles. The van der Waals surface area contributed by atoms with Crippen LogP contribution in [0.4, 0.5) is 5.69 Å². The Bertz CT molecular complexity index is 1590. The number of aromatic nitrogens is 5. The molecule has 10 nitrogen and oxygen atoms in total. The van der Waals surface area contributed by atoms with Gasteiger partial charge in [0.15, 0.2) is 0 Å². The fourth-order valence-corrected chi connectivity index (χ4v) is 5.54. The second-order valence-corrected chi connectivity index (χ2v) is 11.3. The molecule has 3 aromatic heterocycles. The predicted molar refractivity (Wildman–Crippen MR) is 136 cm³/mol. The van der Waals surface area contributed by atoms with Gasteiger partial charge in [-0.25, -0.2) is 8.42 Å². The minimum atomic E-state index is -3.58. The van der Waals surface area contributed by atoms with Crippen LogP contribution in [0.3, 0.4) is 0 Å². The number of hydrogen-bond acceptors (Lipinski definition) is 8. The van der Waals surface area contributed by atoms with Crippen LogP contribution in [0.1, 0.15) is 32.4 Å². The zero-order chi connectivity index (χ0) is 25.1. The highest BCUT2D eigenvalue weighted by atomic mass is 32.2. The highest BCUT2D eigenvalue weighted by Gasteiger charge is 2.34. The lowest BCUT2D eigenvalue weighted by Gasteiger charge is -2.47. The van der Waals surface area contributed by atoms with E-state index in [0.29, 0.717) is 23.3 Å². The van der Waals surface area contributed by atoms with Gasteiger partial charge in [-0.2, -0.15) is 9.19 Å². The molecule has 1 aromatic carbocycles. The van der Waals surface area contributed by atoms with Gasteiger partial charge in [0.1, 0.15) is 5.52 Å². The first-order valence-electron chi connectivity index (χ1n) is 11.6. The standard InChI is InChI=1S/C24H29N7O3S/c1-15-13-30(21-11-23(32)28(4)22-14-31(27-24(21)22)35(5,33)34)16(2)12-29(15)17(3)18-6-7-19-20(10-18)26-9-8-25-19/h6-11,14-17H,12-13H2,1-5H3/t15-,16+,17?/m1/s1. The molecule has 4 heterocycles. The molecule has 1 unspecified atom stereocenters. The van der Waals surface area contributed by atoms with Gasteiger partial charge >= 0.3 is 0 Å². The third-order valence-corrected chi connectivity index (χ3v) is 7.89. The van der Waals surface area contributed by atoms with Gasteiger partial charge in [-0.3, -0.25) is 19.7 Å². The van der Waals surface area contributed by atoms with Gasteiger partial charge < -0.3 is 9.47 Å². The zero-order valence-electron chi connectivity index (χ0n) is 20.5. The molecule has 1 saturated heterocycles. The Morgan fingerprint density at radius 1 is 1.03 bits per heavy atom. The van der Waals surface area contributed by atoms with Crippen molar-refractivity contribution in [1.82, 2.24) is 28.6 Å². The first-order valence-corrected chi connectivity index (χ1v) is 13.4. The van der Waals surface area contributed by atoms with Crippen molar-refractivity contribution in [2.24, 2.45) is 7.05 Å². The lowest BCUT2D eigenvalue weighted by Crippen LogP contribution is -2.57. The van der Waals surface area contributed by atoms with E-state index >= 15 is 0 Å². The maximum absolute atomic E-state index is 12.7. The first kappa shape index (κ1) is 23.4. The van der Waals surface area contributed by atoms with Gasteiger partial charge in [0, 0.05) is 56.7 Å². The minimum Gasteiger partial charge on any atom is -0.364 e. The van der Waals surface area contributed by atoms with Gasteiger partial charge in [0.2, 0.25) is 0 Å². The van der Waals surface area contributed by atoms with Crippen molar-refractivity contribution < 1.29 is 8.42 Å². The highest BCUT2D eigenvalue weighted by Crippen LogP contribution is 2.33. The summed E-state index contributed by atoms with van der Waals surface area (Å²) >= 11 is 0. The third-order valence-electron chi connectivity index (χ3n) is 7.03. The Labute approximate surface area is 203 Å². The second-order valence-electron chi connectivity index (χ2n) is 9.45. The molecular formula is C24H29N7O3S. The van der Waals surface area contributed by atoms with Gasteiger partial charge in [0.25, 0.3) is 15.6 Å². The van der Waals surface area contributed by atoms with Crippen LogP contribution >= 0.6 is 0 Å². The SMILES string of the molecule is CC(c1ccc2nccnc2c1)N1C[C@H](C)N(c2cc(=O)n(C)c3cn(S(C)(=O)=O)nc23)C[C@H]1C. The van der Waals surface area contributed by atoms with Gasteiger partial charge in [-0.05, 0) is 38.5 Å². The molecule has 4 aromatic rings. The summed E-state index contributed by atoms with van der Waals surface area (Å²) in [5.41, 5.74) is 4.38. The van der Waals surface area contributed by atoms with E-state index in [9.17, 15) is 13.2 Å². The molecule has 5 rings (SSSR count). The van der Waals surface area contributed by atoms with Crippen molar-refractivity contribution >= 4 is 37.8 Å². The Balaban J connectivity index is 1.48. The van der Waals surface area contributed by atoms with Crippen LogP contribution in [-0.4, -0.2) is 68.5 Å². The van der Waals surface area contributed by atoms with Gasteiger partial charge in [0.05, 0.1) is 34.7 Å². The van der Waals surface area contributed by atoms with Crippen LogP contribution in [0.2, 0.25) is 0 Å². The highest BCUT2D eigenvalue weighted by molar-refractivity contribution is 7.89. The van der Waals surface area contributed by atoms with Crippen LogP contribution in [0.15, 0.2) is 47.7 Å². The minimum absolute atomic E-state index is 0.0765. The first-order chi connectivity index (χ1) is 16.5. The van der Waals surface area contributed by atoms with E-state index in [1.54, 1.807) is 25.5 Å². The van der Waals surface area contributed by atoms with Gasteiger partial charge in [-0.1, -0.05) is 6.07 Å². The van der Waals surface area contributed by atoms with Crippen LogP contribution in [-0.2, 0) is 17.1 Å². The second kappa shape index (κ2) is 8.42. The van der Waals surface area contributed by atoms with Gasteiger partial charge in [-0.15, -0.1) is 0 Å². The summed E-state index contributed by atoms with van der Waals surface area (Å²) in [6, 6.07) is 8.18. The average Bonchev–Trinajstić information content (AvgIpc) is 3.28. The molecule has 3 atom stereocenters. The summed E-state index contributed by atoms with van der Waals surface area (Å²) in [6.45, 7) is 7.93. The molecular weight excluding hydrogens is 466 g/mol. The molecule has 0 amide bonds. The largest absolute Gasteiger partial charge is 0.364 e. The molecule has 11 heteroatoms. The van der Waals surface area contributed by atoms with E-state index in [1.807, 2.05) is 6.07 Å². The van der Waals surface area contributed by atoms with Crippen molar-refractivity contribution in [3.63, 3.8) is 0 Å². The molecule has 0 aliphatic carbocycles. The Kier molecular flexibility index (Phi) is 5.64. The molecule has 184 valence electrons.